The minimum absolute atomic E-state index is 0.305. The largest absolute Gasteiger partial charge is 0.491 e. The molecule has 122 valence electrons. The van der Waals surface area contributed by atoms with Crippen LogP contribution < -0.4 is 4.74 Å². The van der Waals surface area contributed by atoms with E-state index >= 15 is 0 Å². The first-order valence-electron chi connectivity index (χ1n) is 8.39. The molecule has 2 aliphatic rings. The lowest BCUT2D eigenvalue weighted by Gasteiger charge is -2.24. The second-order valence-corrected chi connectivity index (χ2v) is 6.14. The summed E-state index contributed by atoms with van der Waals surface area (Å²) < 4.78 is 22.0. The van der Waals surface area contributed by atoms with Crippen molar-refractivity contribution in [2.75, 3.05) is 39.6 Å². The van der Waals surface area contributed by atoms with Crippen LogP contribution in [0.5, 0.6) is 5.75 Å². The fraction of sp³-hybridized carbons (Fsp3) is 0.667. The summed E-state index contributed by atoms with van der Waals surface area (Å²) in [5.74, 6) is 1.72. The van der Waals surface area contributed by atoms with Crippen LogP contribution in [0.3, 0.4) is 0 Å². The fourth-order valence-corrected chi connectivity index (χ4v) is 2.43. The normalized spacial score (nSPS) is 20.6. The maximum Gasteiger partial charge on any atom is 0.119 e. The highest BCUT2D eigenvalue weighted by atomic mass is 16.6. The van der Waals surface area contributed by atoms with E-state index in [1.54, 1.807) is 0 Å². The minimum Gasteiger partial charge on any atom is -0.491 e. The molecule has 3 rings (SSSR count). The summed E-state index contributed by atoms with van der Waals surface area (Å²) in [5.41, 5.74) is 1.27. The van der Waals surface area contributed by atoms with E-state index in [1.807, 2.05) is 12.1 Å². The average Bonchev–Trinajstić information content (AvgIpc) is 3.31. The van der Waals surface area contributed by atoms with Gasteiger partial charge in [-0.1, -0.05) is 18.6 Å². The van der Waals surface area contributed by atoms with Crippen molar-refractivity contribution >= 4 is 0 Å². The molecular weight excluding hydrogens is 280 g/mol. The van der Waals surface area contributed by atoms with Crippen molar-refractivity contribution in [2.24, 2.45) is 5.92 Å². The van der Waals surface area contributed by atoms with Crippen molar-refractivity contribution in [1.82, 2.24) is 0 Å². The van der Waals surface area contributed by atoms with E-state index in [-0.39, 0.29) is 0 Å². The zero-order valence-corrected chi connectivity index (χ0v) is 13.2. The van der Waals surface area contributed by atoms with Gasteiger partial charge in [0.1, 0.15) is 18.5 Å². The van der Waals surface area contributed by atoms with Gasteiger partial charge in [0.15, 0.2) is 0 Å². The molecule has 1 heterocycles. The summed E-state index contributed by atoms with van der Waals surface area (Å²) in [6.45, 7) is 4.55. The van der Waals surface area contributed by atoms with Gasteiger partial charge >= 0.3 is 0 Å². The van der Waals surface area contributed by atoms with Gasteiger partial charge in [-0.05, 0) is 42.9 Å². The van der Waals surface area contributed by atoms with Crippen LogP contribution in [0.25, 0.3) is 0 Å². The lowest BCUT2D eigenvalue weighted by molar-refractivity contribution is 0.0212. The first kappa shape index (κ1) is 15.8. The maximum atomic E-state index is 5.62. The second kappa shape index (κ2) is 8.51. The molecule has 0 spiro atoms. The maximum absolute atomic E-state index is 5.62. The van der Waals surface area contributed by atoms with E-state index in [2.05, 4.69) is 12.1 Å². The lowest BCUT2D eigenvalue weighted by Crippen LogP contribution is -2.19. The molecule has 1 saturated heterocycles. The molecule has 1 aliphatic carbocycles. The Morgan fingerprint density at radius 3 is 2.41 bits per heavy atom. The number of rotatable bonds is 11. The fourth-order valence-electron chi connectivity index (χ4n) is 2.43. The average molecular weight is 306 g/mol. The molecule has 1 aromatic carbocycles. The van der Waals surface area contributed by atoms with Crippen molar-refractivity contribution < 1.29 is 18.9 Å². The third-order valence-corrected chi connectivity index (χ3v) is 4.25. The van der Waals surface area contributed by atoms with Crippen LogP contribution in [-0.4, -0.2) is 45.7 Å². The predicted octanol–water partition coefficient (Wildman–Crippen LogP) is 2.84. The third kappa shape index (κ3) is 5.59. The number of epoxide rings is 1. The van der Waals surface area contributed by atoms with Crippen molar-refractivity contribution in [3.8, 4) is 5.75 Å². The van der Waals surface area contributed by atoms with Crippen LogP contribution >= 0.6 is 0 Å². The molecule has 1 aliphatic heterocycles. The van der Waals surface area contributed by atoms with Gasteiger partial charge in [0, 0.05) is 6.61 Å². The van der Waals surface area contributed by atoms with E-state index in [0.29, 0.717) is 25.9 Å². The molecule has 1 aromatic rings. The second-order valence-electron chi connectivity index (χ2n) is 6.14. The van der Waals surface area contributed by atoms with Crippen molar-refractivity contribution in [3.05, 3.63) is 29.8 Å². The molecule has 0 bridgehead atoms. The monoisotopic (exact) mass is 306 g/mol. The summed E-state index contributed by atoms with van der Waals surface area (Å²) in [6.07, 6.45) is 5.29. The highest BCUT2D eigenvalue weighted by molar-refractivity contribution is 5.27. The van der Waals surface area contributed by atoms with Gasteiger partial charge in [-0.3, -0.25) is 0 Å². The summed E-state index contributed by atoms with van der Waals surface area (Å²) in [5, 5.41) is 0. The Balaban J connectivity index is 1.20. The Bertz CT molecular complexity index is 423. The summed E-state index contributed by atoms with van der Waals surface area (Å²) >= 11 is 0. The van der Waals surface area contributed by atoms with E-state index < -0.39 is 0 Å². The Morgan fingerprint density at radius 2 is 1.73 bits per heavy atom. The quantitative estimate of drug-likeness (QED) is 0.465. The summed E-state index contributed by atoms with van der Waals surface area (Å²) in [7, 11) is 0. The summed E-state index contributed by atoms with van der Waals surface area (Å²) in [4.78, 5) is 0. The Labute approximate surface area is 132 Å². The van der Waals surface area contributed by atoms with Crippen LogP contribution in [0.15, 0.2) is 24.3 Å². The van der Waals surface area contributed by atoms with Crippen molar-refractivity contribution in [2.45, 2.75) is 31.8 Å². The Hall–Kier alpha value is -1.10. The molecular formula is C18H26O4. The van der Waals surface area contributed by atoms with Gasteiger partial charge in [-0.15, -0.1) is 0 Å². The molecule has 1 unspecified atom stereocenters. The number of ether oxygens (including phenoxy) is 4. The van der Waals surface area contributed by atoms with Gasteiger partial charge in [0.2, 0.25) is 0 Å². The molecule has 4 heteroatoms. The predicted molar refractivity (Wildman–Crippen MR) is 84.4 cm³/mol. The molecule has 0 aromatic heterocycles. The van der Waals surface area contributed by atoms with Crippen LogP contribution in [0.4, 0.5) is 0 Å². The summed E-state index contributed by atoms with van der Waals surface area (Å²) in [6, 6.07) is 8.22. The van der Waals surface area contributed by atoms with Crippen LogP contribution in [0.2, 0.25) is 0 Å². The van der Waals surface area contributed by atoms with Gasteiger partial charge in [0.25, 0.3) is 0 Å². The van der Waals surface area contributed by atoms with E-state index in [4.69, 9.17) is 18.9 Å². The van der Waals surface area contributed by atoms with Crippen molar-refractivity contribution in [1.29, 1.82) is 0 Å². The minimum atomic E-state index is 0.305. The number of benzene rings is 1. The molecule has 22 heavy (non-hydrogen) atoms. The van der Waals surface area contributed by atoms with Gasteiger partial charge < -0.3 is 18.9 Å². The molecule has 0 radical (unpaired) electrons. The van der Waals surface area contributed by atoms with Gasteiger partial charge in [0.05, 0.1) is 26.4 Å². The highest BCUT2D eigenvalue weighted by Crippen LogP contribution is 2.26. The molecule has 2 fully saturated rings. The SMILES string of the molecule is c1cc(OCC2CO2)ccc1CCOCCOCC1CCC1. The zero-order valence-electron chi connectivity index (χ0n) is 13.2. The first-order chi connectivity index (χ1) is 10.9. The Morgan fingerprint density at radius 1 is 0.955 bits per heavy atom. The molecule has 1 saturated carbocycles. The van der Waals surface area contributed by atoms with Crippen LogP contribution in [-0.2, 0) is 20.6 Å². The first-order valence-corrected chi connectivity index (χ1v) is 8.39. The van der Waals surface area contributed by atoms with Gasteiger partial charge in [-0.2, -0.15) is 0 Å². The standard InChI is InChI=1S/C18H26O4/c1-2-16(3-1)12-20-11-10-19-9-8-15-4-6-17(7-5-15)21-13-18-14-22-18/h4-7,16,18H,1-3,8-14H2. The topological polar surface area (TPSA) is 40.2 Å². The zero-order chi connectivity index (χ0) is 15.0. The third-order valence-electron chi connectivity index (χ3n) is 4.25. The smallest absolute Gasteiger partial charge is 0.119 e. The number of hydrogen-bond acceptors (Lipinski definition) is 4. The molecule has 0 amide bonds. The van der Waals surface area contributed by atoms with E-state index in [1.165, 1.54) is 24.8 Å². The molecule has 4 nitrogen and oxygen atoms in total. The molecule has 0 N–H and O–H groups in total. The molecule has 1 atom stereocenters. The van der Waals surface area contributed by atoms with Crippen LogP contribution in [0.1, 0.15) is 24.8 Å². The highest BCUT2D eigenvalue weighted by Gasteiger charge is 2.22. The lowest BCUT2D eigenvalue weighted by atomic mass is 9.86. The van der Waals surface area contributed by atoms with Crippen molar-refractivity contribution in [3.63, 3.8) is 0 Å². The van der Waals surface area contributed by atoms with Gasteiger partial charge in [-0.25, -0.2) is 0 Å². The Kier molecular flexibility index (Phi) is 6.11. The van der Waals surface area contributed by atoms with E-state index in [9.17, 15) is 0 Å². The number of hydrogen-bond donors (Lipinski definition) is 0. The van der Waals surface area contributed by atoms with E-state index in [0.717, 1.165) is 37.9 Å². The van der Waals surface area contributed by atoms with Crippen LogP contribution in [0, 0.1) is 5.92 Å².